The number of amides is 1. The Morgan fingerprint density at radius 3 is 1.96 bits per heavy atom. The van der Waals surface area contributed by atoms with Crippen molar-refractivity contribution >= 4 is 11.6 Å². The van der Waals surface area contributed by atoms with Crippen LogP contribution >= 0.6 is 0 Å². The van der Waals surface area contributed by atoms with Crippen LogP contribution in [-0.2, 0) is 10.2 Å². The van der Waals surface area contributed by atoms with Crippen LogP contribution in [0.15, 0.2) is 59.4 Å². The molecule has 1 amide bonds. The van der Waals surface area contributed by atoms with Gasteiger partial charge in [0, 0.05) is 12.3 Å². The molecule has 1 heterocycles. The summed E-state index contributed by atoms with van der Waals surface area (Å²) in [6.07, 6.45) is 0. The molecule has 1 aromatic heterocycles. The molecule has 0 unspecified atom stereocenters. The van der Waals surface area contributed by atoms with Crippen molar-refractivity contribution in [1.29, 1.82) is 0 Å². The molecule has 1 N–H and O–H groups in total. The number of benzene rings is 2. The summed E-state index contributed by atoms with van der Waals surface area (Å²) in [4.78, 5) is 25.2. The number of aromatic nitrogens is 2. The zero-order chi connectivity index (χ0) is 19.8. The molecular formula is C22H25N3O2. The molecule has 0 aliphatic rings. The van der Waals surface area contributed by atoms with E-state index in [0.29, 0.717) is 5.69 Å². The van der Waals surface area contributed by atoms with E-state index in [1.165, 1.54) is 6.92 Å². The van der Waals surface area contributed by atoms with E-state index in [1.54, 1.807) is 4.68 Å². The van der Waals surface area contributed by atoms with E-state index in [0.717, 1.165) is 22.6 Å². The van der Waals surface area contributed by atoms with E-state index >= 15 is 0 Å². The Labute approximate surface area is 159 Å². The Balaban J connectivity index is 2.45. The highest BCUT2D eigenvalue weighted by molar-refractivity contribution is 5.89. The second-order valence-corrected chi connectivity index (χ2v) is 7.75. The Kier molecular flexibility index (Phi) is 4.79. The van der Waals surface area contributed by atoms with Crippen molar-refractivity contribution in [3.8, 4) is 11.4 Å². The number of rotatable bonds is 3. The Morgan fingerprint density at radius 2 is 1.44 bits per heavy atom. The molecule has 0 atom stereocenters. The van der Waals surface area contributed by atoms with Crippen molar-refractivity contribution in [2.75, 3.05) is 5.32 Å². The van der Waals surface area contributed by atoms with Gasteiger partial charge in [0.05, 0.1) is 17.1 Å². The molecule has 3 aromatic rings. The first kappa shape index (κ1) is 18.7. The summed E-state index contributed by atoms with van der Waals surface area (Å²) in [7, 11) is 0. The molecule has 5 nitrogen and oxygen atoms in total. The maximum atomic E-state index is 13.4. The topological polar surface area (TPSA) is 56.0 Å². The lowest BCUT2D eigenvalue weighted by Gasteiger charge is -2.24. The summed E-state index contributed by atoms with van der Waals surface area (Å²) >= 11 is 0. The standard InChI is InChI=1S/C22H25N3O2/c1-15-11-13-18(14-12-15)25-21(27)19(23-16(2)26)20(22(3,4)5)24(25)17-9-7-6-8-10-17/h6-14H,1-5H3,(H,23,26). The van der Waals surface area contributed by atoms with Crippen LogP contribution in [0.3, 0.4) is 0 Å². The average molecular weight is 363 g/mol. The lowest BCUT2D eigenvalue weighted by atomic mass is 9.90. The van der Waals surface area contributed by atoms with Gasteiger partial charge in [0.15, 0.2) is 0 Å². The number of hydrogen-bond donors (Lipinski definition) is 1. The van der Waals surface area contributed by atoms with Crippen LogP contribution < -0.4 is 10.9 Å². The number of nitrogens with one attached hydrogen (secondary N) is 1. The first-order valence-electron chi connectivity index (χ1n) is 8.98. The van der Waals surface area contributed by atoms with E-state index < -0.39 is 0 Å². The maximum absolute atomic E-state index is 13.4. The Bertz CT molecular complexity index is 1020. The number of carbonyl (C=O) groups is 1. The Hall–Kier alpha value is -3.08. The van der Waals surface area contributed by atoms with Gasteiger partial charge in [-0.15, -0.1) is 0 Å². The van der Waals surface area contributed by atoms with Gasteiger partial charge in [-0.1, -0.05) is 56.7 Å². The molecular weight excluding hydrogens is 338 g/mol. The maximum Gasteiger partial charge on any atom is 0.295 e. The molecule has 27 heavy (non-hydrogen) atoms. The number of aryl methyl sites for hydroxylation is 1. The third-order valence-electron chi connectivity index (χ3n) is 4.35. The van der Waals surface area contributed by atoms with E-state index in [-0.39, 0.29) is 16.9 Å². The van der Waals surface area contributed by atoms with Gasteiger partial charge < -0.3 is 5.32 Å². The van der Waals surface area contributed by atoms with Crippen LogP contribution in [0.5, 0.6) is 0 Å². The number of nitrogens with zero attached hydrogens (tertiary/aromatic N) is 2. The highest BCUT2D eigenvalue weighted by Crippen LogP contribution is 2.31. The van der Waals surface area contributed by atoms with Gasteiger partial charge in [-0.2, -0.15) is 0 Å². The van der Waals surface area contributed by atoms with E-state index in [9.17, 15) is 9.59 Å². The third-order valence-corrected chi connectivity index (χ3v) is 4.35. The molecule has 0 aliphatic heterocycles. The minimum absolute atomic E-state index is 0.247. The monoisotopic (exact) mass is 363 g/mol. The summed E-state index contributed by atoms with van der Waals surface area (Å²) in [5.74, 6) is -0.265. The highest BCUT2D eigenvalue weighted by Gasteiger charge is 2.30. The van der Waals surface area contributed by atoms with Crippen molar-refractivity contribution < 1.29 is 4.79 Å². The largest absolute Gasteiger partial charge is 0.320 e. The molecule has 0 radical (unpaired) electrons. The van der Waals surface area contributed by atoms with E-state index in [1.807, 2.05) is 87.0 Å². The van der Waals surface area contributed by atoms with Crippen molar-refractivity contribution in [3.05, 3.63) is 76.2 Å². The van der Waals surface area contributed by atoms with Crippen LogP contribution in [0.4, 0.5) is 5.69 Å². The molecule has 0 saturated heterocycles. The van der Waals surface area contributed by atoms with Gasteiger partial charge in [-0.3, -0.25) is 9.59 Å². The highest BCUT2D eigenvalue weighted by atomic mass is 16.2. The van der Waals surface area contributed by atoms with Crippen LogP contribution in [0.1, 0.15) is 39.0 Å². The van der Waals surface area contributed by atoms with Gasteiger partial charge in [0.2, 0.25) is 5.91 Å². The number of hydrogen-bond acceptors (Lipinski definition) is 2. The minimum atomic E-state index is -0.372. The van der Waals surface area contributed by atoms with Crippen LogP contribution in [-0.4, -0.2) is 15.3 Å². The summed E-state index contributed by atoms with van der Waals surface area (Å²) in [6.45, 7) is 9.53. The van der Waals surface area contributed by atoms with Gasteiger partial charge in [0.1, 0.15) is 5.69 Å². The predicted octanol–water partition coefficient (Wildman–Crippen LogP) is 4.19. The summed E-state index contributed by atoms with van der Waals surface area (Å²) in [5, 5.41) is 2.77. The van der Waals surface area contributed by atoms with Crippen LogP contribution in [0.2, 0.25) is 0 Å². The van der Waals surface area contributed by atoms with Crippen molar-refractivity contribution in [2.24, 2.45) is 0 Å². The zero-order valence-electron chi connectivity index (χ0n) is 16.4. The molecule has 0 saturated carbocycles. The van der Waals surface area contributed by atoms with Gasteiger partial charge in [-0.25, -0.2) is 9.36 Å². The fourth-order valence-electron chi connectivity index (χ4n) is 3.22. The first-order valence-corrected chi connectivity index (χ1v) is 8.98. The fraction of sp³-hybridized carbons (Fsp3) is 0.273. The molecule has 0 fully saturated rings. The summed E-state index contributed by atoms with van der Waals surface area (Å²) in [6, 6.07) is 17.5. The lowest BCUT2D eigenvalue weighted by Crippen LogP contribution is -2.23. The SMILES string of the molecule is CC(=O)Nc1c(C(C)(C)C)n(-c2ccccc2)n(-c2ccc(C)cc2)c1=O. The van der Waals surface area contributed by atoms with E-state index in [2.05, 4.69) is 5.32 Å². The lowest BCUT2D eigenvalue weighted by molar-refractivity contribution is -0.114. The Morgan fingerprint density at radius 1 is 0.889 bits per heavy atom. The second-order valence-electron chi connectivity index (χ2n) is 7.75. The van der Waals surface area contributed by atoms with Crippen molar-refractivity contribution in [2.45, 2.75) is 40.0 Å². The molecule has 0 bridgehead atoms. The molecule has 0 spiro atoms. The van der Waals surface area contributed by atoms with E-state index in [4.69, 9.17) is 0 Å². The van der Waals surface area contributed by atoms with Crippen LogP contribution in [0.25, 0.3) is 11.4 Å². The minimum Gasteiger partial charge on any atom is -0.320 e. The normalized spacial score (nSPS) is 11.4. The number of para-hydroxylation sites is 1. The van der Waals surface area contributed by atoms with Gasteiger partial charge >= 0.3 is 0 Å². The second kappa shape index (κ2) is 6.91. The van der Waals surface area contributed by atoms with Crippen LogP contribution in [0, 0.1) is 6.92 Å². The van der Waals surface area contributed by atoms with Gasteiger partial charge in [-0.05, 0) is 31.2 Å². The number of carbonyl (C=O) groups excluding carboxylic acids is 1. The summed E-state index contributed by atoms with van der Waals surface area (Å²) < 4.78 is 3.53. The zero-order valence-corrected chi connectivity index (χ0v) is 16.4. The van der Waals surface area contributed by atoms with Gasteiger partial charge in [0.25, 0.3) is 5.56 Å². The number of anilines is 1. The van der Waals surface area contributed by atoms with Crippen molar-refractivity contribution in [3.63, 3.8) is 0 Å². The smallest absolute Gasteiger partial charge is 0.295 e. The molecule has 140 valence electrons. The molecule has 0 aliphatic carbocycles. The molecule has 5 heteroatoms. The average Bonchev–Trinajstić information content (AvgIpc) is 2.89. The predicted molar refractivity (Wildman–Crippen MR) is 109 cm³/mol. The molecule has 2 aromatic carbocycles. The van der Waals surface area contributed by atoms with Crippen molar-refractivity contribution in [1.82, 2.24) is 9.36 Å². The summed E-state index contributed by atoms with van der Waals surface area (Å²) in [5.41, 5.74) is 3.18. The third kappa shape index (κ3) is 3.58. The first-order chi connectivity index (χ1) is 12.7. The quantitative estimate of drug-likeness (QED) is 0.758. The molecule has 3 rings (SSSR count). The fourth-order valence-corrected chi connectivity index (χ4v) is 3.22.